The molecule has 1 heterocycles. The number of hydrogen-bond donors (Lipinski definition) is 1. The minimum Gasteiger partial charge on any atom is -0.356 e. The Morgan fingerprint density at radius 1 is 1.30 bits per heavy atom. The molecule has 0 aromatic carbocycles. The maximum Gasteiger partial charge on any atom is 0.233 e. The summed E-state index contributed by atoms with van der Waals surface area (Å²) in [5.74, 6) is -0.759. The number of hydrogen-bond acceptors (Lipinski definition) is 4. The average molecular weight is 282 g/mol. The third-order valence-electron chi connectivity index (χ3n) is 3.45. The lowest BCUT2D eigenvalue weighted by molar-refractivity contribution is -0.140. The first kappa shape index (κ1) is 16.3. The van der Waals surface area contributed by atoms with Crippen LogP contribution in [0.2, 0.25) is 0 Å². The Hall–Kier alpha value is -1.72. The van der Waals surface area contributed by atoms with E-state index in [0.29, 0.717) is 13.0 Å². The minimum absolute atomic E-state index is 0.00923. The van der Waals surface area contributed by atoms with E-state index in [-0.39, 0.29) is 54.7 Å². The summed E-state index contributed by atoms with van der Waals surface area (Å²) < 4.78 is 0. The number of rotatable bonds is 7. The number of nitrogens with zero attached hydrogens (tertiary/aromatic N) is 1. The van der Waals surface area contributed by atoms with Gasteiger partial charge in [-0.3, -0.25) is 24.1 Å². The first-order chi connectivity index (χ1) is 9.32. The third-order valence-corrected chi connectivity index (χ3v) is 3.45. The quantitative estimate of drug-likeness (QED) is 0.689. The molecule has 1 aliphatic rings. The van der Waals surface area contributed by atoms with Gasteiger partial charge in [0.25, 0.3) is 0 Å². The fourth-order valence-corrected chi connectivity index (χ4v) is 2.14. The summed E-state index contributed by atoms with van der Waals surface area (Å²) in [4.78, 5) is 47.2. The van der Waals surface area contributed by atoms with Crippen LogP contribution < -0.4 is 5.32 Å². The summed E-state index contributed by atoms with van der Waals surface area (Å²) in [6, 6.07) is 0. The maximum atomic E-state index is 12.0. The Labute approximate surface area is 118 Å². The van der Waals surface area contributed by atoms with Crippen LogP contribution in [0.15, 0.2) is 0 Å². The van der Waals surface area contributed by atoms with Gasteiger partial charge in [0, 0.05) is 38.3 Å². The molecule has 0 aromatic rings. The van der Waals surface area contributed by atoms with E-state index >= 15 is 0 Å². The summed E-state index contributed by atoms with van der Waals surface area (Å²) in [5, 5.41) is 2.59. The van der Waals surface area contributed by atoms with Crippen LogP contribution in [0, 0.1) is 11.8 Å². The first-order valence-corrected chi connectivity index (χ1v) is 6.93. The van der Waals surface area contributed by atoms with Crippen molar-refractivity contribution in [2.75, 3.05) is 13.1 Å². The second-order valence-electron chi connectivity index (χ2n) is 5.49. The Balaban J connectivity index is 2.38. The molecule has 1 N–H and O–H groups in total. The Kier molecular flexibility index (Phi) is 5.85. The van der Waals surface area contributed by atoms with E-state index in [0.717, 1.165) is 0 Å². The Bertz CT molecular complexity index is 417. The smallest absolute Gasteiger partial charge is 0.233 e. The molecule has 0 aliphatic carbocycles. The molecule has 3 amide bonds. The van der Waals surface area contributed by atoms with Gasteiger partial charge in [0.2, 0.25) is 17.7 Å². The fraction of sp³-hybridized carbons (Fsp3) is 0.714. The molecule has 0 radical (unpaired) electrons. The van der Waals surface area contributed by atoms with Crippen LogP contribution in [-0.2, 0) is 19.2 Å². The van der Waals surface area contributed by atoms with E-state index < -0.39 is 0 Å². The molecule has 20 heavy (non-hydrogen) atoms. The normalized spacial score (nSPS) is 18.8. The highest BCUT2D eigenvalue weighted by molar-refractivity contribution is 6.03. The van der Waals surface area contributed by atoms with Gasteiger partial charge in [-0.15, -0.1) is 0 Å². The second-order valence-corrected chi connectivity index (χ2v) is 5.49. The van der Waals surface area contributed by atoms with Crippen LogP contribution in [0.4, 0.5) is 0 Å². The maximum absolute atomic E-state index is 12.0. The van der Waals surface area contributed by atoms with E-state index in [1.54, 1.807) is 0 Å². The highest BCUT2D eigenvalue weighted by atomic mass is 16.2. The summed E-state index contributed by atoms with van der Waals surface area (Å²) in [7, 11) is 0. The number of carbonyl (C=O) groups excluding carboxylic acids is 4. The SMILES string of the molecule is CC(=O)CCNC(=O)CCN1C(=O)CC(C(C)C)C1=O. The van der Waals surface area contributed by atoms with Crippen molar-refractivity contribution in [2.45, 2.75) is 40.0 Å². The summed E-state index contributed by atoms with van der Waals surface area (Å²) >= 11 is 0. The molecule has 0 spiro atoms. The van der Waals surface area contributed by atoms with E-state index in [9.17, 15) is 19.2 Å². The van der Waals surface area contributed by atoms with Crippen LogP contribution >= 0.6 is 0 Å². The van der Waals surface area contributed by atoms with Crippen molar-refractivity contribution in [2.24, 2.45) is 11.8 Å². The molecule has 0 bridgehead atoms. The van der Waals surface area contributed by atoms with Crippen molar-refractivity contribution in [3.8, 4) is 0 Å². The zero-order chi connectivity index (χ0) is 15.3. The zero-order valence-corrected chi connectivity index (χ0v) is 12.3. The molecule has 112 valence electrons. The number of likely N-dealkylation sites (tertiary alicyclic amines) is 1. The molecular weight excluding hydrogens is 260 g/mol. The van der Waals surface area contributed by atoms with E-state index in [1.165, 1.54) is 11.8 Å². The molecule has 1 fully saturated rings. The monoisotopic (exact) mass is 282 g/mol. The summed E-state index contributed by atoms with van der Waals surface area (Å²) in [6.45, 7) is 5.69. The molecule has 1 atom stereocenters. The van der Waals surface area contributed by atoms with Crippen LogP contribution in [0.5, 0.6) is 0 Å². The van der Waals surface area contributed by atoms with Crippen molar-refractivity contribution >= 4 is 23.5 Å². The van der Waals surface area contributed by atoms with Gasteiger partial charge < -0.3 is 5.32 Å². The van der Waals surface area contributed by atoms with Gasteiger partial charge in [-0.25, -0.2) is 0 Å². The van der Waals surface area contributed by atoms with Gasteiger partial charge in [0.05, 0.1) is 0 Å². The number of Topliss-reactive ketones (excluding diaryl/α,β-unsaturated/α-hetero) is 1. The molecule has 1 rings (SSSR count). The lowest BCUT2D eigenvalue weighted by atomic mass is 9.94. The number of ketones is 1. The summed E-state index contributed by atoms with van der Waals surface area (Å²) in [5.41, 5.74) is 0. The van der Waals surface area contributed by atoms with Crippen LogP contribution in [0.3, 0.4) is 0 Å². The standard InChI is InChI=1S/C14H22N2O4/c1-9(2)11-8-13(19)16(14(11)20)7-5-12(18)15-6-4-10(3)17/h9,11H,4-8H2,1-3H3,(H,15,18). The molecule has 1 saturated heterocycles. The molecule has 0 saturated carbocycles. The predicted molar refractivity (Wildman–Crippen MR) is 72.6 cm³/mol. The zero-order valence-electron chi connectivity index (χ0n) is 12.3. The van der Waals surface area contributed by atoms with Crippen molar-refractivity contribution < 1.29 is 19.2 Å². The topological polar surface area (TPSA) is 83.6 Å². The van der Waals surface area contributed by atoms with Gasteiger partial charge in [-0.05, 0) is 12.8 Å². The van der Waals surface area contributed by atoms with E-state index in [1.807, 2.05) is 13.8 Å². The van der Waals surface area contributed by atoms with Gasteiger partial charge in [-0.1, -0.05) is 13.8 Å². The largest absolute Gasteiger partial charge is 0.356 e. The highest BCUT2D eigenvalue weighted by Crippen LogP contribution is 2.26. The number of carbonyl (C=O) groups is 4. The second kappa shape index (κ2) is 7.17. The minimum atomic E-state index is -0.261. The van der Waals surface area contributed by atoms with Crippen molar-refractivity contribution in [1.29, 1.82) is 0 Å². The van der Waals surface area contributed by atoms with Gasteiger partial charge in [0.1, 0.15) is 5.78 Å². The third kappa shape index (κ3) is 4.43. The van der Waals surface area contributed by atoms with Crippen molar-refractivity contribution in [3.05, 3.63) is 0 Å². The highest BCUT2D eigenvalue weighted by Gasteiger charge is 2.39. The van der Waals surface area contributed by atoms with Gasteiger partial charge in [0.15, 0.2) is 0 Å². The van der Waals surface area contributed by atoms with E-state index in [4.69, 9.17) is 0 Å². The number of amides is 3. The molecule has 6 nitrogen and oxygen atoms in total. The van der Waals surface area contributed by atoms with Gasteiger partial charge in [-0.2, -0.15) is 0 Å². The Morgan fingerprint density at radius 2 is 1.95 bits per heavy atom. The van der Waals surface area contributed by atoms with Crippen molar-refractivity contribution in [1.82, 2.24) is 10.2 Å². The molecule has 1 unspecified atom stereocenters. The van der Waals surface area contributed by atoms with Gasteiger partial charge >= 0.3 is 0 Å². The molecule has 1 aliphatic heterocycles. The average Bonchev–Trinajstić information content (AvgIpc) is 2.62. The number of nitrogens with one attached hydrogen (secondary N) is 1. The first-order valence-electron chi connectivity index (χ1n) is 6.93. The van der Waals surface area contributed by atoms with E-state index in [2.05, 4.69) is 5.32 Å². The van der Waals surface area contributed by atoms with Crippen LogP contribution in [-0.4, -0.2) is 41.5 Å². The fourth-order valence-electron chi connectivity index (χ4n) is 2.14. The predicted octanol–water partition coefficient (Wildman–Crippen LogP) is 0.503. The molecule has 6 heteroatoms. The van der Waals surface area contributed by atoms with Crippen molar-refractivity contribution in [3.63, 3.8) is 0 Å². The van der Waals surface area contributed by atoms with Crippen LogP contribution in [0.25, 0.3) is 0 Å². The number of imide groups is 1. The van der Waals surface area contributed by atoms with Crippen LogP contribution in [0.1, 0.15) is 40.0 Å². The Morgan fingerprint density at radius 3 is 2.45 bits per heavy atom. The molecule has 0 aromatic heterocycles. The summed E-state index contributed by atoms with van der Waals surface area (Å²) in [6.07, 6.45) is 0.616. The molecular formula is C14H22N2O4. The lowest BCUT2D eigenvalue weighted by Gasteiger charge is -2.16. The lowest BCUT2D eigenvalue weighted by Crippen LogP contribution is -2.36.